The molecule has 4 heteroatoms. The highest BCUT2D eigenvalue weighted by Gasteiger charge is 2.28. The van der Waals surface area contributed by atoms with E-state index in [-0.39, 0.29) is 0 Å². The third-order valence-electron chi connectivity index (χ3n) is 4.13. The topological polar surface area (TPSA) is 29.9 Å². The molecule has 0 radical (unpaired) electrons. The van der Waals surface area contributed by atoms with Crippen LogP contribution in [0.4, 0.5) is 0 Å². The van der Waals surface area contributed by atoms with E-state index in [0.717, 1.165) is 24.8 Å². The minimum Gasteiger partial charge on any atom is -0.333 e. The lowest BCUT2D eigenvalue weighted by atomic mass is 9.80. The Morgan fingerprint density at radius 1 is 1.25 bits per heavy atom. The molecule has 2 aliphatic heterocycles. The van der Waals surface area contributed by atoms with Crippen molar-refractivity contribution < 1.29 is 0 Å². The average Bonchev–Trinajstić information content (AvgIpc) is 2.72. The molecule has 0 saturated carbocycles. The Kier molecular flexibility index (Phi) is 2.90. The SMILES string of the molecule is Clc1ncn2c1CCC(C1CCNCC1)C2. The first-order valence-corrected chi connectivity index (χ1v) is 6.62. The summed E-state index contributed by atoms with van der Waals surface area (Å²) in [6.45, 7) is 3.51. The predicted octanol–water partition coefficient (Wildman–Crippen LogP) is 2.10. The van der Waals surface area contributed by atoms with Crippen LogP contribution in [0.1, 0.15) is 25.0 Å². The average molecular weight is 240 g/mol. The lowest BCUT2D eigenvalue weighted by Gasteiger charge is -2.34. The zero-order valence-corrected chi connectivity index (χ0v) is 10.2. The first-order valence-electron chi connectivity index (χ1n) is 6.25. The second kappa shape index (κ2) is 4.38. The van der Waals surface area contributed by atoms with Gasteiger partial charge in [-0.2, -0.15) is 0 Å². The van der Waals surface area contributed by atoms with E-state index in [1.54, 1.807) is 0 Å². The van der Waals surface area contributed by atoms with Gasteiger partial charge in [0.2, 0.25) is 0 Å². The monoisotopic (exact) mass is 239 g/mol. The van der Waals surface area contributed by atoms with Crippen molar-refractivity contribution >= 4 is 11.6 Å². The van der Waals surface area contributed by atoms with Crippen molar-refractivity contribution in [3.05, 3.63) is 17.2 Å². The Labute approximate surface area is 101 Å². The van der Waals surface area contributed by atoms with E-state index in [1.165, 1.54) is 38.0 Å². The molecule has 3 nitrogen and oxygen atoms in total. The van der Waals surface area contributed by atoms with Crippen LogP contribution in [0.15, 0.2) is 6.33 Å². The number of piperidine rings is 1. The Hall–Kier alpha value is -0.540. The van der Waals surface area contributed by atoms with Gasteiger partial charge in [0.1, 0.15) is 5.15 Å². The highest BCUT2D eigenvalue weighted by atomic mass is 35.5. The maximum atomic E-state index is 6.05. The minimum absolute atomic E-state index is 0.712. The molecule has 1 saturated heterocycles. The molecule has 0 bridgehead atoms. The number of nitrogens with zero attached hydrogens (tertiary/aromatic N) is 2. The first-order chi connectivity index (χ1) is 7.84. The number of nitrogens with one attached hydrogen (secondary N) is 1. The second-order valence-corrected chi connectivity index (χ2v) is 5.38. The van der Waals surface area contributed by atoms with Gasteiger partial charge in [-0.1, -0.05) is 11.6 Å². The van der Waals surface area contributed by atoms with Crippen LogP contribution in [0.2, 0.25) is 5.15 Å². The van der Waals surface area contributed by atoms with Crippen LogP contribution in [0, 0.1) is 11.8 Å². The minimum atomic E-state index is 0.712. The first kappa shape index (κ1) is 10.6. The van der Waals surface area contributed by atoms with Crippen LogP contribution in [-0.4, -0.2) is 22.6 Å². The molecule has 1 atom stereocenters. The molecule has 0 aliphatic carbocycles. The third kappa shape index (κ3) is 1.87. The van der Waals surface area contributed by atoms with Gasteiger partial charge in [-0.05, 0) is 50.6 Å². The molecule has 16 heavy (non-hydrogen) atoms. The van der Waals surface area contributed by atoms with Gasteiger partial charge in [-0.3, -0.25) is 0 Å². The van der Waals surface area contributed by atoms with E-state index in [9.17, 15) is 0 Å². The van der Waals surface area contributed by atoms with Crippen molar-refractivity contribution in [3.8, 4) is 0 Å². The summed E-state index contributed by atoms with van der Waals surface area (Å²) in [5.74, 6) is 1.73. The summed E-state index contributed by atoms with van der Waals surface area (Å²) in [7, 11) is 0. The molecule has 3 rings (SSSR count). The number of halogens is 1. The predicted molar refractivity (Wildman–Crippen MR) is 64.6 cm³/mol. The normalized spacial score (nSPS) is 26.7. The van der Waals surface area contributed by atoms with Crippen LogP contribution in [0.5, 0.6) is 0 Å². The summed E-state index contributed by atoms with van der Waals surface area (Å²) in [6.07, 6.45) is 6.97. The zero-order chi connectivity index (χ0) is 11.0. The molecule has 1 aromatic rings. The van der Waals surface area contributed by atoms with E-state index in [2.05, 4.69) is 14.9 Å². The molecular formula is C12H18ClN3. The molecule has 2 aliphatic rings. The Morgan fingerprint density at radius 2 is 2.06 bits per heavy atom. The van der Waals surface area contributed by atoms with Crippen molar-refractivity contribution in [2.24, 2.45) is 11.8 Å². The van der Waals surface area contributed by atoms with Crippen LogP contribution < -0.4 is 5.32 Å². The van der Waals surface area contributed by atoms with E-state index < -0.39 is 0 Å². The Morgan fingerprint density at radius 3 is 2.88 bits per heavy atom. The van der Waals surface area contributed by atoms with Gasteiger partial charge in [-0.25, -0.2) is 4.98 Å². The van der Waals surface area contributed by atoms with Crippen LogP contribution in [0.3, 0.4) is 0 Å². The smallest absolute Gasteiger partial charge is 0.150 e. The number of imidazole rings is 1. The van der Waals surface area contributed by atoms with E-state index >= 15 is 0 Å². The van der Waals surface area contributed by atoms with Crippen molar-refractivity contribution in [1.82, 2.24) is 14.9 Å². The van der Waals surface area contributed by atoms with E-state index in [4.69, 9.17) is 11.6 Å². The second-order valence-electron chi connectivity index (χ2n) is 5.02. The number of hydrogen-bond donors (Lipinski definition) is 1. The summed E-state index contributed by atoms with van der Waals surface area (Å²) in [5, 5.41) is 4.15. The standard InChI is InChI=1S/C12H18ClN3/c13-12-11-2-1-10(7-16(11)8-15-12)9-3-5-14-6-4-9/h8-10,14H,1-7H2. The molecule has 0 amide bonds. The fraction of sp³-hybridized carbons (Fsp3) is 0.750. The molecule has 0 spiro atoms. The van der Waals surface area contributed by atoms with Gasteiger partial charge in [0, 0.05) is 6.54 Å². The maximum absolute atomic E-state index is 6.05. The summed E-state index contributed by atoms with van der Waals surface area (Å²) >= 11 is 6.05. The van der Waals surface area contributed by atoms with Gasteiger partial charge in [-0.15, -0.1) is 0 Å². The Bertz CT molecular complexity index is 368. The van der Waals surface area contributed by atoms with Gasteiger partial charge >= 0.3 is 0 Å². The van der Waals surface area contributed by atoms with Crippen molar-refractivity contribution in [3.63, 3.8) is 0 Å². The van der Waals surface area contributed by atoms with E-state index in [1.807, 2.05) is 6.33 Å². The summed E-state index contributed by atoms with van der Waals surface area (Å²) in [6, 6.07) is 0. The lowest BCUT2D eigenvalue weighted by Crippen LogP contribution is -2.35. The fourth-order valence-electron chi connectivity index (χ4n) is 3.15. The maximum Gasteiger partial charge on any atom is 0.150 e. The number of rotatable bonds is 1. The highest BCUT2D eigenvalue weighted by molar-refractivity contribution is 6.30. The number of hydrogen-bond acceptors (Lipinski definition) is 2. The fourth-order valence-corrected chi connectivity index (χ4v) is 3.40. The molecular weight excluding hydrogens is 222 g/mol. The highest BCUT2D eigenvalue weighted by Crippen LogP contribution is 2.32. The van der Waals surface area contributed by atoms with Gasteiger partial charge in [0.25, 0.3) is 0 Å². The number of fused-ring (bicyclic) bond motifs is 1. The summed E-state index contributed by atoms with van der Waals surface area (Å²) in [4.78, 5) is 4.19. The van der Waals surface area contributed by atoms with E-state index in [0.29, 0.717) is 5.15 Å². The molecule has 3 heterocycles. The van der Waals surface area contributed by atoms with Crippen LogP contribution >= 0.6 is 11.6 Å². The summed E-state index contributed by atoms with van der Waals surface area (Å²) < 4.78 is 2.26. The largest absolute Gasteiger partial charge is 0.333 e. The molecule has 1 unspecified atom stereocenters. The van der Waals surface area contributed by atoms with Crippen molar-refractivity contribution in [2.75, 3.05) is 13.1 Å². The quantitative estimate of drug-likeness (QED) is 0.814. The van der Waals surface area contributed by atoms with Crippen LogP contribution in [-0.2, 0) is 13.0 Å². The van der Waals surface area contributed by atoms with Crippen molar-refractivity contribution in [1.29, 1.82) is 0 Å². The molecule has 1 N–H and O–H groups in total. The zero-order valence-electron chi connectivity index (χ0n) is 9.45. The van der Waals surface area contributed by atoms with Crippen molar-refractivity contribution in [2.45, 2.75) is 32.2 Å². The molecule has 88 valence electrons. The van der Waals surface area contributed by atoms with Gasteiger partial charge in [0.05, 0.1) is 12.0 Å². The molecule has 0 aromatic carbocycles. The molecule has 1 aromatic heterocycles. The lowest BCUT2D eigenvalue weighted by molar-refractivity contribution is 0.206. The van der Waals surface area contributed by atoms with Crippen LogP contribution in [0.25, 0.3) is 0 Å². The van der Waals surface area contributed by atoms with Gasteiger partial charge < -0.3 is 9.88 Å². The third-order valence-corrected chi connectivity index (χ3v) is 4.44. The van der Waals surface area contributed by atoms with Gasteiger partial charge in [0.15, 0.2) is 0 Å². The summed E-state index contributed by atoms with van der Waals surface area (Å²) in [5.41, 5.74) is 1.24. The number of aromatic nitrogens is 2. The Balaban J connectivity index is 1.72. The molecule has 1 fully saturated rings.